The quantitative estimate of drug-likeness (QED) is 0.309. The van der Waals surface area contributed by atoms with Crippen molar-refractivity contribution in [1.29, 1.82) is 0 Å². The Bertz CT molecular complexity index is 1010. The predicted molar refractivity (Wildman–Crippen MR) is 106 cm³/mol. The largest absolute Gasteiger partial charge is 0.132 e. The summed E-state index contributed by atoms with van der Waals surface area (Å²) in [6, 6.07) is 21.5. The van der Waals surface area contributed by atoms with Gasteiger partial charge in [-0.15, -0.1) is 34.0 Å². The SMILES string of the molecule is c1ccc(-c2csc3sc4scc(-c5ccccc5)c4c23)cc1. The first-order chi connectivity index (χ1) is 11.4. The fourth-order valence-corrected chi connectivity index (χ4v) is 6.79. The van der Waals surface area contributed by atoms with Crippen molar-refractivity contribution in [3.63, 3.8) is 0 Å². The molecule has 5 rings (SSSR count). The van der Waals surface area contributed by atoms with Gasteiger partial charge in [-0.05, 0) is 11.1 Å². The molecule has 0 spiro atoms. The Morgan fingerprint density at radius 2 is 0.957 bits per heavy atom. The van der Waals surface area contributed by atoms with Crippen molar-refractivity contribution in [1.82, 2.24) is 0 Å². The number of hydrogen-bond acceptors (Lipinski definition) is 3. The zero-order valence-corrected chi connectivity index (χ0v) is 14.6. The van der Waals surface area contributed by atoms with Crippen LogP contribution < -0.4 is 0 Å². The third kappa shape index (κ3) is 2.08. The van der Waals surface area contributed by atoms with E-state index in [-0.39, 0.29) is 0 Å². The first-order valence-electron chi connectivity index (χ1n) is 7.44. The minimum absolute atomic E-state index is 1.31. The molecule has 3 heteroatoms. The fraction of sp³-hybridized carbons (Fsp3) is 0. The molecule has 0 N–H and O–H groups in total. The summed E-state index contributed by atoms with van der Waals surface area (Å²) in [7, 11) is 0. The van der Waals surface area contributed by atoms with E-state index in [1.807, 2.05) is 34.0 Å². The Labute approximate surface area is 146 Å². The minimum atomic E-state index is 1.31. The lowest BCUT2D eigenvalue weighted by Crippen LogP contribution is -1.76. The Hall–Kier alpha value is -1.94. The van der Waals surface area contributed by atoms with Crippen LogP contribution in [0.1, 0.15) is 0 Å². The van der Waals surface area contributed by atoms with Crippen LogP contribution in [0, 0.1) is 0 Å². The summed E-state index contributed by atoms with van der Waals surface area (Å²) >= 11 is 5.67. The molecular weight excluding hydrogens is 336 g/mol. The summed E-state index contributed by atoms with van der Waals surface area (Å²) in [5.74, 6) is 0. The van der Waals surface area contributed by atoms with Crippen LogP contribution >= 0.6 is 34.0 Å². The van der Waals surface area contributed by atoms with Gasteiger partial charge in [0.25, 0.3) is 0 Å². The molecule has 0 radical (unpaired) electrons. The lowest BCUT2D eigenvalue weighted by molar-refractivity contribution is 1.69. The van der Waals surface area contributed by atoms with Crippen LogP contribution in [0.5, 0.6) is 0 Å². The molecule has 0 atom stereocenters. The number of thiophene rings is 3. The van der Waals surface area contributed by atoms with E-state index >= 15 is 0 Å². The van der Waals surface area contributed by atoms with Gasteiger partial charge in [0, 0.05) is 32.7 Å². The molecule has 0 fully saturated rings. The van der Waals surface area contributed by atoms with Crippen LogP contribution in [0.15, 0.2) is 71.4 Å². The normalized spacial score (nSPS) is 11.5. The van der Waals surface area contributed by atoms with Gasteiger partial charge in [0.1, 0.15) is 0 Å². The predicted octanol–water partition coefficient (Wildman–Crippen LogP) is 7.51. The van der Waals surface area contributed by atoms with E-state index in [0.29, 0.717) is 0 Å². The van der Waals surface area contributed by atoms with Crippen molar-refractivity contribution in [2.24, 2.45) is 0 Å². The average molecular weight is 349 g/mol. The van der Waals surface area contributed by atoms with Crippen LogP contribution in [-0.2, 0) is 0 Å². The third-order valence-corrected chi connectivity index (χ3v) is 7.52. The topological polar surface area (TPSA) is 0 Å². The van der Waals surface area contributed by atoms with Crippen molar-refractivity contribution in [3.05, 3.63) is 71.4 Å². The van der Waals surface area contributed by atoms with E-state index < -0.39 is 0 Å². The van der Waals surface area contributed by atoms with Crippen molar-refractivity contribution in [2.45, 2.75) is 0 Å². The molecular formula is C20H12S3. The van der Waals surface area contributed by atoms with Crippen LogP contribution in [0.2, 0.25) is 0 Å². The highest BCUT2D eigenvalue weighted by Gasteiger charge is 2.18. The monoisotopic (exact) mass is 348 g/mol. The Morgan fingerprint density at radius 3 is 1.39 bits per heavy atom. The number of benzene rings is 2. The second-order valence-corrected chi connectivity index (χ2v) is 8.75. The summed E-state index contributed by atoms with van der Waals surface area (Å²) in [6.45, 7) is 0. The number of fused-ring (bicyclic) bond motifs is 3. The second-order valence-electron chi connectivity index (χ2n) is 5.46. The minimum Gasteiger partial charge on any atom is -0.132 e. The molecule has 0 unspecified atom stereocenters. The zero-order valence-electron chi connectivity index (χ0n) is 12.2. The Kier molecular flexibility index (Phi) is 3.11. The van der Waals surface area contributed by atoms with Crippen molar-refractivity contribution < 1.29 is 0 Å². The van der Waals surface area contributed by atoms with E-state index in [4.69, 9.17) is 0 Å². The maximum Gasteiger partial charge on any atom is 0.0892 e. The van der Waals surface area contributed by atoms with Gasteiger partial charge in [0.15, 0.2) is 0 Å². The van der Waals surface area contributed by atoms with Gasteiger partial charge in [-0.1, -0.05) is 60.7 Å². The molecule has 110 valence electrons. The molecule has 0 bridgehead atoms. The Balaban J connectivity index is 1.86. The van der Waals surface area contributed by atoms with E-state index in [0.717, 1.165) is 0 Å². The highest BCUT2D eigenvalue weighted by atomic mass is 32.2. The van der Waals surface area contributed by atoms with Gasteiger partial charge in [0.2, 0.25) is 0 Å². The average Bonchev–Trinajstić information content (AvgIpc) is 3.27. The van der Waals surface area contributed by atoms with Gasteiger partial charge in [-0.2, -0.15) is 0 Å². The van der Waals surface area contributed by atoms with Gasteiger partial charge in [-0.25, -0.2) is 0 Å². The van der Waals surface area contributed by atoms with Crippen LogP contribution in [0.25, 0.3) is 41.1 Å². The van der Waals surface area contributed by atoms with Gasteiger partial charge < -0.3 is 0 Å². The van der Waals surface area contributed by atoms with Gasteiger partial charge in [0.05, 0.1) is 8.03 Å². The molecule has 3 aromatic heterocycles. The van der Waals surface area contributed by atoms with E-state index in [1.165, 1.54) is 41.1 Å². The fourth-order valence-electron chi connectivity index (χ4n) is 3.05. The maximum atomic E-state index is 2.31. The van der Waals surface area contributed by atoms with E-state index in [1.54, 1.807) is 0 Å². The molecule has 0 nitrogen and oxygen atoms in total. The highest BCUT2D eigenvalue weighted by Crippen LogP contribution is 2.49. The summed E-state index contributed by atoms with van der Waals surface area (Å²) in [4.78, 5) is 0. The summed E-state index contributed by atoms with van der Waals surface area (Å²) < 4.78 is 2.87. The number of rotatable bonds is 2. The van der Waals surface area contributed by atoms with E-state index in [9.17, 15) is 0 Å². The van der Waals surface area contributed by atoms with Crippen LogP contribution in [0.4, 0.5) is 0 Å². The molecule has 0 saturated heterocycles. The highest BCUT2D eigenvalue weighted by molar-refractivity contribution is 7.48. The number of hydrogen-bond donors (Lipinski definition) is 0. The van der Waals surface area contributed by atoms with Crippen LogP contribution in [0.3, 0.4) is 0 Å². The maximum absolute atomic E-state index is 2.31. The third-order valence-electron chi connectivity index (χ3n) is 4.12. The van der Waals surface area contributed by atoms with Gasteiger partial charge >= 0.3 is 0 Å². The van der Waals surface area contributed by atoms with Crippen LogP contribution in [-0.4, -0.2) is 0 Å². The standard InChI is InChI=1S/C20H12S3/c1-3-7-13(8-4-1)15-11-21-19-17(15)18-16(12-22-20(18)23-19)14-9-5-2-6-10-14/h1-12H. The molecule has 5 aromatic rings. The van der Waals surface area contributed by atoms with E-state index in [2.05, 4.69) is 71.4 Å². The first kappa shape index (κ1) is 13.5. The molecule has 0 aliphatic rings. The molecule has 0 aliphatic carbocycles. The smallest absolute Gasteiger partial charge is 0.0892 e. The molecule has 0 aliphatic heterocycles. The molecule has 0 amide bonds. The lowest BCUT2D eigenvalue weighted by atomic mass is 10.0. The van der Waals surface area contributed by atoms with Crippen molar-refractivity contribution in [3.8, 4) is 22.3 Å². The van der Waals surface area contributed by atoms with Crippen molar-refractivity contribution in [2.75, 3.05) is 0 Å². The first-order valence-corrected chi connectivity index (χ1v) is 10.0. The molecule has 2 aromatic carbocycles. The Morgan fingerprint density at radius 1 is 0.522 bits per heavy atom. The second kappa shape index (κ2) is 5.31. The summed E-state index contributed by atoms with van der Waals surface area (Å²) in [6.07, 6.45) is 0. The molecule has 23 heavy (non-hydrogen) atoms. The van der Waals surface area contributed by atoms with Crippen molar-refractivity contribution >= 4 is 52.8 Å². The zero-order chi connectivity index (χ0) is 15.2. The summed E-state index contributed by atoms with van der Waals surface area (Å²) in [5.41, 5.74) is 5.35. The molecule has 3 heterocycles. The molecule has 0 saturated carbocycles. The lowest BCUT2D eigenvalue weighted by Gasteiger charge is -2.01. The van der Waals surface area contributed by atoms with Gasteiger partial charge in [-0.3, -0.25) is 0 Å². The summed E-state index contributed by atoms with van der Waals surface area (Å²) in [5, 5.41) is 7.48.